The standard InChI is InChI=1S/C26H21FO4/c1-4-5-19-8-11-22(16-24(19)27)18-6-9-20(10-7-18)26(29)31-23-14-12-21(13-15-23)25(28)30-17(2)3/h6-17H,1-3H3. The molecule has 5 heteroatoms. The Labute approximate surface area is 180 Å². The highest BCUT2D eigenvalue weighted by molar-refractivity contribution is 5.92. The van der Waals surface area contributed by atoms with Gasteiger partial charge in [-0.1, -0.05) is 24.1 Å². The normalized spacial score (nSPS) is 10.2. The molecule has 0 saturated heterocycles. The van der Waals surface area contributed by atoms with Gasteiger partial charge in [-0.3, -0.25) is 0 Å². The third kappa shape index (κ3) is 5.58. The molecule has 0 unspecified atom stereocenters. The first-order valence-electron chi connectivity index (χ1n) is 9.73. The SMILES string of the molecule is CC#Cc1ccc(-c2ccc(C(=O)Oc3ccc(C(=O)OC(C)C)cc3)cc2)cc1F. The molecule has 3 aromatic carbocycles. The number of hydrogen-bond acceptors (Lipinski definition) is 4. The Morgan fingerprint density at radius 2 is 1.42 bits per heavy atom. The molecule has 0 aromatic heterocycles. The van der Waals surface area contributed by atoms with Crippen LogP contribution in [0.25, 0.3) is 11.1 Å². The molecule has 0 bridgehead atoms. The monoisotopic (exact) mass is 416 g/mol. The summed E-state index contributed by atoms with van der Waals surface area (Å²) in [7, 11) is 0. The predicted molar refractivity (Wildman–Crippen MR) is 116 cm³/mol. The van der Waals surface area contributed by atoms with Crippen molar-refractivity contribution in [3.63, 3.8) is 0 Å². The van der Waals surface area contributed by atoms with Gasteiger partial charge < -0.3 is 9.47 Å². The van der Waals surface area contributed by atoms with E-state index < -0.39 is 17.8 Å². The van der Waals surface area contributed by atoms with Crippen molar-refractivity contribution in [1.29, 1.82) is 0 Å². The Kier molecular flexibility index (Phi) is 6.84. The second-order valence-electron chi connectivity index (χ2n) is 7.01. The molecule has 0 aliphatic heterocycles. The van der Waals surface area contributed by atoms with E-state index in [1.54, 1.807) is 57.2 Å². The highest BCUT2D eigenvalue weighted by Gasteiger charge is 2.12. The van der Waals surface area contributed by atoms with E-state index in [2.05, 4.69) is 11.8 Å². The van der Waals surface area contributed by atoms with Gasteiger partial charge in [0, 0.05) is 0 Å². The minimum atomic E-state index is -0.538. The maximum Gasteiger partial charge on any atom is 0.343 e. The molecule has 3 aromatic rings. The summed E-state index contributed by atoms with van der Waals surface area (Å²) in [6.07, 6.45) is -0.215. The van der Waals surface area contributed by atoms with Gasteiger partial charge in [0.05, 0.1) is 22.8 Å². The Hall–Kier alpha value is -3.91. The Morgan fingerprint density at radius 1 is 0.839 bits per heavy atom. The van der Waals surface area contributed by atoms with E-state index in [1.807, 2.05) is 0 Å². The summed E-state index contributed by atoms with van der Waals surface area (Å²) in [5.74, 6) is 4.33. The lowest BCUT2D eigenvalue weighted by molar-refractivity contribution is 0.0378. The van der Waals surface area contributed by atoms with Gasteiger partial charge in [0.1, 0.15) is 11.6 Å². The number of ether oxygens (including phenoxy) is 2. The molecule has 0 radical (unpaired) electrons. The third-order valence-electron chi connectivity index (χ3n) is 4.33. The van der Waals surface area contributed by atoms with Crippen molar-refractivity contribution < 1.29 is 23.5 Å². The van der Waals surface area contributed by atoms with Crippen LogP contribution in [0.3, 0.4) is 0 Å². The predicted octanol–water partition coefficient (Wildman–Crippen LogP) is 5.65. The number of esters is 2. The molecular weight excluding hydrogens is 395 g/mol. The third-order valence-corrected chi connectivity index (χ3v) is 4.33. The summed E-state index contributed by atoms with van der Waals surface area (Å²) in [5.41, 5.74) is 2.51. The first-order valence-corrected chi connectivity index (χ1v) is 9.73. The fraction of sp³-hybridized carbons (Fsp3) is 0.154. The van der Waals surface area contributed by atoms with E-state index in [0.717, 1.165) is 5.56 Å². The molecule has 0 fully saturated rings. The highest BCUT2D eigenvalue weighted by Crippen LogP contribution is 2.23. The van der Waals surface area contributed by atoms with Gasteiger partial charge in [0.15, 0.2) is 0 Å². The van der Waals surface area contributed by atoms with Gasteiger partial charge in [-0.15, -0.1) is 5.92 Å². The Balaban J connectivity index is 1.68. The number of rotatable bonds is 5. The first kappa shape index (κ1) is 21.8. The smallest absolute Gasteiger partial charge is 0.343 e. The lowest BCUT2D eigenvalue weighted by Gasteiger charge is -2.09. The molecule has 0 N–H and O–H groups in total. The molecule has 0 atom stereocenters. The van der Waals surface area contributed by atoms with Crippen molar-refractivity contribution >= 4 is 11.9 Å². The molecule has 31 heavy (non-hydrogen) atoms. The second kappa shape index (κ2) is 9.73. The largest absolute Gasteiger partial charge is 0.459 e. The maximum atomic E-state index is 14.1. The van der Waals surface area contributed by atoms with E-state index in [0.29, 0.717) is 28.0 Å². The summed E-state index contributed by atoms with van der Waals surface area (Å²) in [5, 5.41) is 0. The lowest BCUT2D eigenvalue weighted by atomic mass is 10.0. The van der Waals surface area contributed by atoms with E-state index in [-0.39, 0.29) is 6.10 Å². The van der Waals surface area contributed by atoms with Gasteiger partial charge in [-0.05, 0) is 80.4 Å². The molecule has 0 heterocycles. The van der Waals surface area contributed by atoms with Crippen LogP contribution < -0.4 is 4.74 Å². The topological polar surface area (TPSA) is 52.6 Å². The highest BCUT2D eigenvalue weighted by atomic mass is 19.1. The summed E-state index contributed by atoms with van der Waals surface area (Å²) in [6.45, 7) is 5.19. The number of hydrogen-bond donors (Lipinski definition) is 0. The Bertz CT molecular complexity index is 1150. The average Bonchev–Trinajstić information content (AvgIpc) is 2.75. The van der Waals surface area contributed by atoms with Crippen molar-refractivity contribution in [2.45, 2.75) is 26.9 Å². The lowest BCUT2D eigenvalue weighted by Crippen LogP contribution is -2.12. The van der Waals surface area contributed by atoms with Crippen LogP contribution in [-0.2, 0) is 4.74 Å². The van der Waals surface area contributed by atoms with Crippen molar-refractivity contribution in [3.8, 4) is 28.7 Å². The van der Waals surface area contributed by atoms with Crippen LogP contribution in [0, 0.1) is 17.7 Å². The van der Waals surface area contributed by atoms with Gasteiger partial charge >= 0.3 is 11.9 Å². The van der Waals surface area contributed by atoms with Crippen LogP contribution in [0.2, 0.25) is 0 Å². The van der Waals surface area contributed by atoms with Crippen LogP contribution in [-0.4, -0.2) is 18.0 Å². The van der Waals surface area contributed by atoms with Crippen LogP contribution in [0.4, 0.5) is 4.39 Å². The van der Waals surface area contributed by atoms with Crippen LogP contribution in [0.5, 0.6) is 5.75 Å². The quantitative estimate of drug-likeness (QED) is 0.306. The molecular formula is C26H21FO4. The van der Waals surface area contributed by atoms with Crippen molar-refractivity contribution in [1.82, 2.24) is 0 Å². The van der Waals surface area contributed by atoms with E-state index in [9.17, 15) is 14.0 Å². The van der Waals surface area contributed by atoms with Crippen LogP contribution >= 0.6 is 0 Å². The van der Waals surface area contributed by atoms with Crippen LogP contribution in [0.15, 0.2) is 66.7 Å². The number of carbonyl (C=O) groups excluding carboxylic acids is 2. The molecule has 156 valence electrons. The van der Waals surface area contributed by atoms with E-state index in [1.165, 1.54) is 30.3 Å². The fourth-order valence-electron chi connectivity index (χ4n) is 2.84. The number of carbonyl (C=O) groups is 2. The van der Waals surface area contributed by atoms with Crippen molar-refractivity contribution in [2.24, 2.45) is 0 Å². The molecule has 0 aliphatic carbocycles. The van der Waals surface area contributed by atoms with E-state index >= 15 is 0 Å². The number of benzene rings is 3. The van der Waals surface area contributed by atoms with Crippen molar-refractivity contribution in [3.05, 3.63) is 89.2 Å². The van der Waals surface area contributed by atoms with Gasteiger partial charge in [-0.25, -0.2) is 14.0 Å². The molecule has 0 amide bonds. The summed E-state index contributed by atoms with van der Waals surface area (Å²) >= 11 is 0. The molecule has 0 aliphatic rings. The second-order valence-corrected chi connectivity index (χ2v) is 7.01. The summed E-state index contributed by atoms with van der Waals surface area (Å²) < 4.78 is 24.6. The summed E-state index contributed by atoms with van der Waals surface area (Å²) in [6, 6.07) is 17.6. The van der Waals surface area contributed by atoms with Gasteiger partial charge in [-0.2, -0.15) is 0 Å². The zero-order chi connectivity index (χ0) is 22.4. The first-order chi connectivity index (χ1) is 14.9. The molecule has 4 nitrogen and oxygen atoms in total. The fourth-order valence-corrected chi connectivity index (χ4v) is 2.84. The molecule has 0 saturated carbocycles. The van der Waals surface area contributed by atoms with Crippen LogP contribution in [0.1, 0.15) is 47.1 Å². The zero-order valence-electron chi connectivity index (χ0n) is 17.4. The minimum Gasteiger partial charge on any atom is -0.459 e. The zero-order valence-corrected chi connectivity index (χ0v) is 17.4. The van der Waals surface area contributed by atoms with Gasteiger partial charge in [0.25, 0.3) is 0 Å². The average molecular weight is 416 g/mol. The van der Waals surface area contributed by atoms with E-state index in [4.69, 9.17) is 9.47 Å². The number of halogens is 1. The Morgan fingerprint density at radius 3 is 2.00 bits per heavy atom. The maximum absolute atomic E-state index is 14.1. The molecule has 3 rings (SSSR count). The molecule has 0 spiro atoms. The summed E-state index contributed by atoms with van der Waals surface area (Å²) in [4.78, 5) is 24.3. The minimum absolute atomic E-state index is 0.215. The van der Waals surface area contributed by atoms with Crippen molar-refractivity contribution in [2.75, 3.05) is 0 Å². The van der Waals surface area contributed by atoms with Gasteiger partial charge in [0.2, 0.25) is 0 Å².